The summed E-state index contributed by atoms with van der Waals surface area (Å²) in [5.41, 5.74) is 15.3. The number of rotatable bonds is 9. The minimum Gasteiger partial charge on any atom is -0.370 e. The Labute approximate surface area is 215 Å². The van der Waals surface area contributed by atoms with E-state index >= 15 is 0 Å². The molecule has 0 atom stereocenters. The Balaban J connectivity index is 1.58. The third kappa shape index (κ3) is 6.75. The number of benzene rings is 3. The fourth-order valence-corrected chi connectivity index (χ4v) is 5.36. The van der Waals surface area contributed by atoms with E-state index in [0.717, 1.165) is 43.4 Å². The van der Waals surface area contributed by atoms with Crippen LogP contribution < -0.4 is 11.5 Å². The van der Waals surface area contributed by atoms with Gasteiger partial charge in [0.1, 0.15) is 0 Å². The highest BCUT2D eigenvalue weighted by Gasteiger charge is 2.28. The normalized spacial score (nSPS) is 17.5. The Hall–Kier alpha value is -3.60. The maximum absolute atomic E-state index is 14.0. The average molecular weight is 483 g/mol. The van der Waals surface area contributed by atoms with Gasteiger partial charge in [-0.3, -0.25) is 9.79 Å². The lowest BCUT2D eigenvalue weighted by Gasteiger charge is -2.35. The average Bonchev–Trinajstić information content (AvgIpc) is 2.91. The molecule has 5 heteroatoms. The van der Waals surface area contributed by atoms with Gasteiger partial charge in [0.2, 0.25) is 0 Å². The molecule has 3 aromatic rings. The van der Waals surface area contributed by atoms with Crippen molar-refractivity contribution < 1.29 is 4.79 Å². The fraction of sp³-hybridized carbons (Fsp3) is 0.355. The van der Waals surface area contributed by atoms with E-state index in [9.17, 15) is 4.79 Å². The largest absolute Gasteiger partial charge is 0.370 e. The first-order valence-electron chi connectivity index (χ1n) is 13.0. The van der Waals surface area contributed by atoms with E-state index in [1.807, 2.05) is 43.3 Å². The van der Waals surface area contributed by atoms with Crippen molar-refractivity contribution in [1.82, 2.24) is 4.90 Å². The summed E-state index contributed by atoms with van der Waals surface area (Å²) in [6, 6.07) is 29.0. The summed E-state index contributed by atoms with van der Waals surface area (Å²) in [7, 11) is 0. The molecule has 0 aliphatic heterocycles. The summed E-state index contributed by atoms with van der Waals surface area (Å²) in [6.45, 7) is 4.13. The number of amides is 1. The standard InChI is InChI=1S/C31H38N4O/c1-23-10-8-9-15-28(23)30(36)35(21-25-18-16-24(17-19-25)20-34-31(32)33)22-29(26-11-4-2-5-12-26)27-13-6-3-7-14-27/h2-15,24-25,29H,16-22H2,1H3,(H4,32,33,34). The van der Waals surface area contributed by atoms with E-state index in [1.165, 1.54) is 11.1 Å². The zero-order valence-corrected chi connectivity index (χ0v) is 21.2. The predicted octanol–water partition coefficient (Wildman–Crippen LogP) is 5.35. The number of nitrogens with two attached hydrogens (primary N) is 2. The summed E-state index contributed by atoms with van der Waals surface area (Å²) in [6.07, 6.45) is 4.36. The SMILES string of the molecule is Cc1ccccc1C(=O)N(CC1CCC(CN=C(N)N)CC1)CC(c1ccccc1)c1ccccc1. The lowest BCUT2D eigenvalue weighted by Crippen LogP contribution is -2.40. The van der Waals surface area contributed by atoms with Gasteiger partial charge in [-0.2, -0.15) is 0 Å². The maximum atomic E-state index is 14.0. The van der Waals surface area contributed by atoms with Crippen molar-refractivity contribution in [2.45, 2.75) is 38.5 Å². The monoisotopic (exact) mass is 482 g/mol. The molecule has 1 aliphatic carbocycles. The molecule has 0 radical (unpaired) electrons. The summed E-state index contributed by atoms with van der Waals surface area (Å²) in [5.74, 6) is 1.39. The molecule has 0 heterocycles. The van der Waals surface area contributed by atoms with E-state index in [2.05, 4.69) is 58.4 Å². The zero-order chi connectivity index (χ0) is 25.3. The van der Waals surface area contributed by atoms with Crippen LogP contribution in [0.5, 0.6) is 0 Å². The van der Waals surface area contributed by atoms with Crippen LogP contribution in [0.2, 0.25) is 0 Å². The molecule has 1 fully saturated rings. The summed E-state index contributed by atoms with van der Waals surface area (Å²) in [5, 5.41) is 0. The Kier molecular flexibility index (Phi) is 8.77. The van der Waals surface area contributed by atoms with Crippen molar-refractivity contribution in [3.63, 3.8) is 0 Å². The molecule has 0 bridgehead atoms. The number of guanidine groups is 1. The lowest BCUT2D eigenvalue weighted by atomic mass is 9.81. The van der Waals surface area contributed by atoms with Crippen molar-refractivity contribution in [3.8, 4) is 0 Å². The van der Waals surface area contributed by atoms with Crippen LogP contribution in [0.25, 0.3) is 0 Å². The number of hydrogen-bond donors (Lipinski definition) is 2. The van der Waals surface area contributed by atoms with Crippen LogP contribution in [0.3, 0.4) is 0 Å². The molecular weight excluding hydrogens is 444 g/mol. The molecular formula is C31H38N4O. The van der Waals surface area contributed by atoms with E-state index in [-0.39, 0.29) is 17.8 Å². The van der Waals surface area contributed by atoms with Crippen molar-refractivity contribution >= 4 is 11.9 Å². The number of carbonyl (C=O) groups is 1. The Morgan fingerprint density at radius 3 is 1.92 bits per heavy atom. The number of hydrogen-bond acceptors (Lipinski definition) is 2. The van der Waals surface area contributed by atoms with Gasteiger partial charge in [-0.15, -0.1) is 0 Å². The third-order valence-electron chi connectivity index (χ3n) is 7.45. The lowest BCUT2D eigenvalue weighted by molar-refractivity contribution is 0.0699. The summed E-state index contributed by atoms with van der Waals surface area (Å²) in [4.78, 5) is 20.3. The Morgan fingerprint density at radius 2 is 1.36 bits per heavy atom. The van der Waals surface area contributed by atoms with Crippen LogP contribution in [0.15, 0.2) is 89.9 Å². The van der Waals surface area contributed by atoms with E-state index in [1.54, 1.807) is 0 Å². The topological polar surface area (TPSA) is 84.7 Å². The van der Waals surface area contributed by atoms with Crippen LogP contribution in [0, 0.1) is 18.8 Å². The summed E-state index contributed by atoms with van der Waals surface area (Å²) >= 11 is 0. The molecule has 188 valence electrons. The van der Waals surface area contributed by atoms with E-state index in [4.69, 9.17) is 11.5 Å². The minimum atomic E-state index is 0.110. The fourth-order valence-electron chi connectivity index (χ4n) is 5.36. The number of nitrogens with zero attached hydrogens (tertiary/aromatic N) is 2. The molecule has 1 saturated carbocycles. The Bertz CT molecular complexity index is 1090. The first kappa shape index (κ1) is 25.5. The van der Waals surface area contributed by atoms with Crippen LogP contribution in [-0.2, 0) is 0 Å². The van der Waals surface area contributed by atoms with Gasteiger partial charge in [0.15, 0.2) is 5.96 Å². The van der Waals surface area contributed by atoms with Gasteiger partial charge in [0.05, 0.1) is 0 Å². The molecule has 36 heavy (non-hydrogen) atoms. The number of aryl methyl sites for hydroxylation is 1. The first-order valence-corrected chi connectivity index (χ1v) is 13.0. The van der Waals surface area contributed by atoms with E-state index in [0.29, 0.717) is 24.9 Å². The second-order valence-electron chi connectivity index (χ2n) is 10.1. The van der Waals surface area contributed by atoms with Gasteiger partial charge in [-0.1, -0.05) is 78.9 Å². The van der Waals surface area contributed by atoms with Crippen LogP contribution in [0.1, 0.15) is 58.6 Å². The molecule has 4 N–H and O–H groups in total. The van der Waals surface area contributed by atoms with Gasteiger partial charge in [-0.25, -0.2) is 0 Å². The first-order chi connectivity index (χ1) is 17.5. The maximum Gasteiger partial charge on any atom is 0.254 e. The van der Waals surface area contributed by atoms with Crippen molar-refractivity contribution in [3.05, 3.63) is 107 Å². The van der Waals surface area contributed by atoms with Gasteiger partial charge in [0.25, 0.3) is 5.91 Å². The predicted molar refractivity (Wildman–Crippen MR) is 148 cm³/mol. The van der Waals surface area contributed by atoms with E-state index < -0.39 is 0 Å². The molecule has 0 spiro atoms. The Morgan fingerprint density at radius 1 is 0.833 bits per heavy atom. The molecule has 0 aromatic heterocycles. The van der Waals surface area contributed by atoms with Gasteiger partial charge in [0, 0.05) is 31.1 Å². The van der Waals surface area contributed by atoms with Crippen molar-refractivity contribution in [2.75, 3.05) is 19.6 Å². The van der Waals surface area contributed by atoms with Gasteiger partial charge < -0.3 is 16.4 Å². The van der Waals surface area contributed by atoms with Gasteiger partial charge >= 0.3 is 0 Å². The highest BCUT2D eigenvalue weighted by Crippen LogP contribution is 2.32. The number of aliphatic imine (C=N–C) groups is 1. The van der Waals surface area contributed by atoms with Crippen molar-refractivity contribution in [2.24, 2.45) is 28.3 Å². The van der Waals surface area contributed by atoms with Crippen LogP contribution >= 0.6 is 0 Å². The second kappa shape index (κ2) is 12.4. The van der Waals surface area contributed by atoms with Crippen LogP contribution in [-0.4, -0.2) is 36.4 Å². The molecule has 4 rings (SSSR count). The minimum absolute atomic E-state index is 0.110. The smallest absolute Gasteiger partial charge is 0.254 e. The summed E-state index contributed by atoms with van der Waals surface area (Å²) < 4.78 is 0. The van der Waals surface area contributed by atoms with Crippen LogP contribution in [0.4, 0.5) is 0 Å². The third-order valence-corrected chi connectivity index (χ3v) is 7.45. The molecule has 5 nitrogen and oxygen atoms in total. The number of carbonyl (C=O) groups excluding carboxylic acids is 1. The molecule has 0 saturated heterocycles. The quantitative estimate of drug-likeness (QED) is 0.318. The molecule has 1 amide bonds. The second-order valence-corrected chi connectivity index (χ2v) is 10.1. The van der Waals surface area contributed by atoms with Gasteiger partial charge in [-0.05, 0) is 67.2 Å². The molecule has 0 unspecified atom stereocenters. The zero-order valence-electron chi connectivity index (χ0n) is 21.2. The molecule has 1 aliphatic rings. The molecule has 3 aromatic carbocycles. The highest BCUT2D eigenvalue weighted by molar-refractivity contribution is 5.95. The highest BCUT2D eigenvalue weighted by atomic mass is 16.2. The van der Waals surface area contributed by atoms with Crippen molar-refractivity contribution in [1.29, 1.82) is 0 Å².